The normalized spacial score (nSPS) is 19.6. The van der Waals surface area contributed by atoms with Crippen LogP contribution in [-0.2, 0) is 6.42 Å². The van der Waals surface area contributed by atoms with Crippen molar-refractivity contribution in [3.05, 3.63) is 81.4 Å². The van der Waals surface area contributed by atoms with Crippen LogP contribution in [0.2, 0.25) is 0 Å². The quantitative estimate of drug-likeness (QED) is 0.612. The molecule has 0 N–H and O–H groups in total. The molecule has 1 aliphatic rings. The molecule has 0 saturated carbocycles. The SMILES string of the molecule is COc1ccc2c(c1)C(=O)[C@@](C/C=C/c1ccccc1)([N+](=O)[O-])CC2. The van der Waals surface area contributed by atoms with Gasteiger partial charge in [-0.2, -0.15) is 0 Å². The molecule has 128 valence electrons. The first-order valence-electron chi connectivity index (χ1n) is 8.14. The lowest BCUT2D eigenvalue weighted by molar-refractivity contribution is -0.550. The number of ketones is 1. The van der Waals surface area contributed by atoms with Crippen molar-refractivity contribution in [1.29, 1.82) is 0 Å². The molecule has 2 aromatic carbocycles. The summed E-state index contributed by atoms with van der Waals surface area (Å²) < 4.78 is 5.16. The third-order valence-corrected chi connectivity index (χ3v) is 4.71. The highest BCUT2D eigenvalue weighted by Gasteiger charge is 2.52. The summed E-state index contributed by atoms with van der Waals surface area (Å²) in [5, 5.41) is 11.8. The van der Waals surface area contributed by atoms with E-state index in [4.69, 9.17) is 4.74 Å². The maximum Gasteiger partial charge on any atom is 0.287 e. The molecule has 2 aromatic rings. The van der Waals surface area contributed by atoms with Gasteiger partial charge < -0.3 is 4.74 Å². The van der Waals surface area contributed by atoms with Crippen LogP contribution in [0.4, 0.5) is 0 Å². The largest absolute Gasteiger partial charge is 0.497 e. The Morgan fingerprint density at radius 3 is 2.68 bits per heavy atom. The van der Waals surface area contributed by atoms with Gasteiger partial charge in [0.25, 0.3) is 5.54 Å². The van der Waals surface area contributed by atoms with E-state index in [1.54, 1.807) is 18.2 Å². The summed E-state index contributed by atoms with van der Waals surface area (Å²) in [6.07, 6.45) is 4.33. The average Bonchev–Trinajstić information content (AvgIpc) is 2.64. The van der Waals surface area contributed by atoms with Gasteiger partial charge in [-0.05, 0) is 29.7 Å². The Morgan fingerprint density at radius 2 is 2.00 bits per heavy atom. The summed E-state index contributed by atoms with van der Waals surface area (Å²) in [6, 6.07) is 14.7. The van der Waals surface area contributed by atoms with Gasteiger partial charge in [0.15, 0.2) is 0 Å². The Bertz CT molecular complexity index is 829. The lowest BCUT2D eigenvalue weighted by atomic mass is 9.75. The maximum absolute atomic E-state index is 13.0. The number of nitro groups is 1. The van der Waals surface area contributed by atoms with Crippen molar-refractivity contribution in [2.45, 2.75) is 24.8 Å². The molecule has 3 rings (SSSR count). The zero-order valence-electron chi connectivity index (χ0n) is 14.0. The first-order chi connectivity index (χ1) is 12.1. The fourth-order valence-electron chi connectivity index (χ4n) is 3.22. The number of carbonyl (C=O) groups excluding carboxylic acids is 1. The summed E-state index contributed by atoms with van der Waals surface area (Å²) in [5.41, 5.74) is 0.585. The molecule has 1 aliphatic carbocycles. The van der Waals surface area contributed by atoms with Crippen molar-refractivity contribution in [2.24, 2.45) is 0 Å². The molecule has 0 fully saturated rings. The molecule has 0 aromatic heterocycles. The van der Waals surface area contributed by atoms with Crippen molar-refractivity contribution in [2.75, 3.05) is 7.11 Å². The summed E-state index contributed by atoms with van der Waals surface area (Å²) in [6.45, 7) is 0. The number of benzene rings is 2. The molecule has 0 heterocycles. The number of methoxy groups -OCH3 is 1. The van der Waals surface area contributed by atoms with Crippen molar-refractivity contribution >= 4 is 11.9 Å². The van der Waals surface area contributed by atoms with Crippen LogP contribution in [0.5, 0.6) is 5.75 Å². The molecule has 5 heteroatoms. The Morgan fingerprint density at radius 1 is 1.24 bits per heavy atom. The van der Waals surface area contributed by atoms with E-state index in [1.165, 1.54) is 7.11 Å². The van der Waals surface area contributed by atoms with E-state index < -0.39 is 16.2 Å². The molecule has 1 atom stereocenters. The van der Waals surface area contributed by atoms with E-state index >= 15 is 0 Å². The van der Waals surface area contributed by atoms with Gasteiger partial charge >= 0.3 is 0 Å². The Kier molecular flexibility index (Phi) is 4.65. The van der Waals surface area contributed by atoms with Crippen LogP contribution in [0.1, 0.15) is 34.3 Å². The van der Waals surface area contributed by atoms with Crippen LogP contribution < -0.4 is 4.74 Å². The Balaban J connectivity index is 1.91. The van der Waals surface area contributed by atoms with Gasteiger partial charge in [0.2, 0.25) is 5.78 Å². The van der Waals surface area contributed by atoms with Crippen molar-refractivity contribution < 1.29 is 14.5 Å². The minimum atomic E-state index is -1.61. The van der Waals surface area contributed by atoms with E-state index in [-0.39, 0.29) is 12.8 Å². The van der Waals surface area contributed by atoms with Crippen LogP contribution >= 0.6 is 0 Å². The average molecular weight is 337 g/mol. The van der Waals surface area contributed by atoms with E-state index in [2.05, 4.69) is 0 Å². The monoisotopic (exact) mass is 337 g/mol. The molecule has 0 amide bonds. The second-order valence-corrected chi connectivity index (χ2v) is 6.16. The number of rotatable bonds is 5. The summed E-state index contributed by atoms with van der Waals surface area (Å²) in [5.74, 6) is 0.0986. The minimum Gasteiger partial charge on any atom is -0.497 e. The summed E-state index contributed by atoms with van der Waals surface area (Å²) in [7, 11) is 1.51. The highest BCUT2D eigenvalue weighted by molar-refractivity contribution is 6.05. The fraction of sp³-hybridized carbons (Fsp3) is 0.250. The number of hydrogen-bond acceptors (Lipinski definition) is 4. The fourth-order valence-corrected chi connectivity index (χ4v) is 3.22. The van der Waals surface area contributed by atoms with Gasteiger partial charge in [-0.3, -0.25) is 14.9 Å². The second-order valence-electron chi connectivity index (χ2n) is 6.16. The van der Waals surface area contributed by atoms with Gasteiger partial charge in [0.1, 0.15) is 5.75 Å². The van der Waals surface area contributed by atoms with E-state index in [1.807, 2.05) is 42.5 Å². The predicted molar refractivity (Wildman–Crippen MR) is 95.5 cm³/mol. The molecule has 0 saturated heterocycles. The zero-order chi connectivity index (χ0) is 17.9. The Hall–Kier alpha value is -2.95. The highest BCUT2D eigenvalue weighted by Crippen LogP contribution is 2.35. The van der Waals surface area contributed by atoms with Crippen molar-refractivity contribution in [1.82, 2.24) is 0 Å². The summed E-state index contributed by atoms with van der Waals surface area (Å²) >= 11 is 0. The number of aryl methyl sites for hydroxylation is 1. The van der Waals surface area contributed by atoms with Crippen LogP contribution in [0, 0.1) is 10.1 Å². The number of hydrogen-bond donors (Lipinski definition) is 0. The number of Topliss-reactive ketones (excluding diaryl/α,β-unsaturated/α-hetero) is 1. The number of ether oxygens (including phenoxy) is 1. The Labute approximate surface area is 146 Å². The lowest BCUT2D eigenvalue weighted by Gasteiger charge is -2.28. The smallest absolute Gasteiger partial charge is 0.287 e. The molecule has 0 radical (unpaired) electrons. The van der Waals surface area contributed by atoms with Crippen LogP contribution in [0.15, 0.2) is 54.6 Å². The maximum atomic E-state index is 13.0. The van der Waals surface area contributed by atoms with Gasteiger partial charge in [0, 0.05) is 23.3 Å². The molecule has 5 nitrogen and oxygen atoms in total. The van der Waals surface area contributed by atoms with Gasteiger partial charge in [-0.1, -0.05) is 48.6 Å². The van der Waals surface area contributed by atoms with E-state index in [9.17, 15) is 14.9 Å². The molecular weight excluding hydrogens is 318 g/mol. The molecule has 0 unspecified atom stereocenters. The number of fused-ring (bicyclic) bond motifs is 1. The van der Waals surface area contributed by atoms with E-state index in [0.717, 1.165) is 11.1 Å². The van der Waals surface area contributed by atoms with Crippen molar-refractivity contribution in [3.8, 4) is 5.75 Å². The van der Waals surface area contributed by atoms with Gasteiger partial charge in [0.05, 0.1) is 7.11 Å². The topological polar surface area (TPSA) is 69.4 Å². The van der Waals surface area contributed by atoms with Crippen LogP contribution in [0.3, 0.4) is 0 Å². The van der Waals surface area contributed by atoms with Gasteiger partial charge in [-0.15, -0.1) is 0 Å². The minimum absolute atomic E-state index is 0.0738. The molecule has 0 aliphatic heterocycles. The first kappa shape index (κ1) is 16.9. The second kappa shape index (κ2) is 6.89. The predicted octanol–water partition coefficient (Wildman–Crippen LogP) is 3.94. The highest BCUT2D eigenvalue weighted by atomic mass is 16.6. The molecule has 0 bridgehead atoms. The zero-order valence-corrected chi connectivity index (χ0v) is 14.0. The summed E-state index contributed by atoms with van der Waals surface area (Å²) in [4.78, 5) is 24.3. The lowest BCUT2D eigenvalue weighted by Crippen LogP contribution is -2.49. The molecular formula is C20H19NO4. The molecule has 25 heavy (non-hydrogen) atoms. The van der Waals surface area contributed by atoms with Gasteiger partial charge in [-0.25, -0.2) is 0 Å². The van der Waals surface area contributed by atoms with Crippen LogP contribution in [-0.4, -0.2) is 23.4 Å². The first-order valence-corrected chi connectivity index (χ1v) is 8.14. The van der Waals surface area contributed by atoms with Crippen molar-refractivity contribution in [3.63, 3.8) is 0 Å². The number of nitrogens with zero attached hydrogens (tertiary/aromatic N) is 1. The third kappa shape index (κ3) is 3.18. The molecule has 0 spiro atoms. The van der Waals surface area contributed by atoms with Crippen LogP contribution in [0.25, 0.3) is 6.08 Å². The third-order valence-electron chi connectivity index (χ3n) is 4.71. The number of carbonyl (C=O) groups is 1. The standard InChI is InChI=1S/C20H19NO4/c1-25-17-10-9-16-11-13-20(21(23)24,19(22)18(16)14-17)12-5-8-15-6-3-2-4-7-15/h2-10,14H,11-13H2,1H3/b8-5+/t20-/m0/s1. The van der Waals surface area contributed by atoms with E-state index in [0.29, 0.717) is 17.7 Å².